The van der Waals surface area contributed by atoms with Crippen molar-refractivity contribution in [2.75, 3.05) is 68.6 Å². The van der Waals surface area contributed by atoms with Crippen LogP contribution in [0.4, 0.5) is 0 Å². The molecule has 14 nitrogen and oxygen atoms in total. The van der Waals surface area contributed by atoms with Crippen LogP contribution in [0.25, 0.3) is 0 Å². The SMILES string of the molecule is CCC(C)C(C(CC(=O)N1CCCC1C(OC)C(C)C(=O)NC(Cc1ccccc1)C(=O)NCCN(C)C)OC)N(C)C(=O)C(NC(=O)C(C(C)C)N(C)CC)C(C)C. The molecule has 0 radical (unpaired) electrons. The molecule has 0 bridgehead atoms. The summed E-state index contributed by atoms with van der Waals surface area (Å²) >= 11 is 0. The van der Waals surface area contributed by atoms with E-state index in [2.05, 4.69) is 16.0 Å². The Kier molecular flexibility index (Phi) is 22.1. The molecular formula is C45H79N7O7. The number of likely N-dealkylation sites (tertiary alicyclic amines) is 1. The van der Waals surface area contributed by atoms with Crippen molar-refractivity contribution in [3.63, 3.8) is 0 Å². The normalized spacial score (nSPS) is 18.5. The van der Waals surface area contributed by atoms with Gasteiger partial charge in [-0.3, -0.25) is 28.9 Å². The van der Waals surface area contributed by atoms with Crippen molar-refractivity contribution in [3.05, 3.63) is 35.9 Å². The predicted octanol–water partition coefficient (Wildman–Crippen LogP) is 3.43. The third kappa shape index (κ3) is 14.8. The van der Waals surface area contributed by atoms with Crippen LogP contribution in [0, 0.1) is 23.7 Å². The molecule has 0 aliphatic carbocycles. The van der Waals surface area contributed by atoms with Crippen molar-refractivity contribution in [2.24, 2.45) is 23.7 Å². The van der Waals surface area contributed by atoms with Gasteiger partial charge in [-0.25, -0.2) is 0 Å². The summed E-state index contributed by atoms with van der Waals surface area (Å²) in [7, 11) is 10.6. The highest BCUT2D eigenvalue weighted by Gasteiger charge is 2.43. The van der Waals surface area contributed by atoms with Crippen LogP contribution in [0.2, 0.25) is 0 Å². The number of ether oxygens (including phenoxy) is 2. The zero-order chi connectivity index (χ0) is 44.6. The van der Waals surface area contributed by atoms with E-state index in [-0.39, 0.29) is 65.8 Å². The van der Waals surface area contributed by atoms with Gasteiger partial charge in [-0.2, -0.15) is 0 Å². The highest BCUT2D eigenvalue weighted by molar-refractivity contribution is 5.90. The summed E-state index contributed by atoms with van der Waals surface area (Å²) in [6.45, 7) is 18.0. The minimum Gasteiger partial charge on any atom is -0.379 e. The summed E-state index contributed by atoms with van der Waals surface area (Å²) in [6, 6.07) is 6.76. The average molecular weight is 830 g/mol. The largest absolute Gasteiger partial charge is 0.379 e. The van der Waals surface area contributed by atoms with Gasteiger partial charge in [0.2, 0.25) is 29.5 Å². The highest BCUT2D eigenvalue weighted by atomic mass is 16.5. The fraction of sp³-hybridized carbons (Fsp3) is 0.756. The average Bonchev–Trinajstić information content (AvgIpc) is 3.68. The Hall–Kier alpha value is -3.59. The van der Waals surface area contributed by atoms with Gasteiger partial charge in [0.15, 0.2) is 0 Å². The number of benzene rings is 1. The molecule has 1 aromatic carbocycles. The summed E-state index contributed by atoms with van der Waals surface area (Å²) in [5.74, 6) is -2.03. The Morgan fingerprint density at radius 3 is 2.02 bits per heavy atom. The van der Waals surface area contributed by atoms with Crippen molar-refractivity contribution < 1.29 is 33.4 Å². The van der Waals surface area contributed by atoms with Gasteiger partial charge in [0, 0.05) is 47.3 Å². The first kappa shape index (κ1) is 51.6. The van der Waals surface area contributed by atoms with Crippen molar-refractivity contribution in [1.82, 2.24) is 35.6 Å². The minimum absolute atomic E-state index is 0.0122. The third-order valence-electron chi connectivity index (χ3n) is 12.1. The van der Waals surface area contributed by atoms with Gasteiger partial charge >= 0.3 is 0 Å². The maximum absolute atomic E-state index is 14.4. The maximum atomic E-state index is 14.4. The number of hydrogen-bond donors (Lipinski definition) is 3. The van der Waals surface area contributed by atoms with Gasteiger partial charge in [0.25, 0.3) is 0 Å². The molecule has 14 heteroatoms. The molecule has 1 aromatic rings. The van der Waals surface area contributed by atoms with Crippen LogP contribution in [0.1, 0.15) is 86.6 Å². The van der Waals surface area contributed by atoms with Crippen LogP contribution < -0.4 is 16.0 Å². The van der Waals surface area contributed by atoms with E-state index in [0.29, 0.717) is 39.0 Å². The summed E-state index contributed by atoms with van der Waals surface area (Å²) < 4.78 is 12.1. The topological polar surface area (TPSA) is 153 Å². The molecular weight excluding hydrogens is 751 g/mol. The Morgan fingerprint density at radius 2 is 1.49 bits per heavy atom. The van der Waals surface area contributed by atoms with Gasteiger partial charge < -0.3 is 40.1 Å². The molecule has 0 aromatic heterocycles. The maximum Gasteiger partial charge on any atom is 0.245 e. The molecule has 1 aliphatic rings. The Balaban J connectivity index is 2.30. The van der Waals surface area contributed by atoms with Crippen LogP contribution in [-0.4, -0.2) is 160 Å². The van der Waals surface area contributed by atoms with E-state index in [4.69, 9.17) is 9.47 Å². The molecule has 2 rings (SSSR count). The van der Waals surface area contributed by atoms with Gasteiger partial charge in [-0.05, 0) is 63.8 Å². The third-order valence-corrected chi connectivity index (χ3v) is 12.1. The number of nitrogens with one attached hydrogen (secondary N) is 3. The van der Waals surface area contributed by atoms with Gasteiger partial charge in [0.1, 0.15) is 12.1 Å². The van der Waals surface area contributed by atoms with Crippen molar-refractivity contribution >= 4 is 29.5 Å². The van der Waals surface area contributed by atoms with E-state index < -0.39 is 36.3 Å². The quantitative estimate of drug-likeness (QED) is 0.135. The standard InChI is InChI=1S/C45H79N7O7/c1-15-31(7)40(51(12)45(57)38(29(3)4)48-44(56)39(30(5)6)50(11)16-2)36(58-13)28-37(53)52-25-20-23-35(52)41(59-14)32(8)42(54)47-34(27-33-21-18-17-19-22-33)43(55)46-24-26-49(9)10/h17-19,21-22,29-32,34-36,38-41H,15-16,20,23-28H2,1-14H3,(H,46,55)(H,47,54)(H,48,56). The smallest absolute Gasteiger partial charge is 0.245 e. The zero-order valence-electron chi connectivity index (χ0n) is 38.7. The number of rotatable bonds is 25. The fourth-order valence-electron chi connectivity index (χ4n) is 8.37. The lowest BCUT2D eigenvalue weighted by Crippen LogP contribution is -2.60. The predicted molar refractivity (Wildman–Crippen MR) is 233 cm³/mol. The van der Waals surface area contributed by atoms with Crippen molar-refractivity contribution in [1.29, 1.82) is 0 Å². The van der Waals surface area contributed by atoms with E-state index in [1.54, 1.807) is 38.0 Å². The van der Waals surface area contributed by atoms with Crippen molar-refractivity contribution in [3.8, 4) is 0 Å². The summed E-state index contributed by atoms with van der Waals surface area (Å²) in [4.78, 5) is 77.1. The molecule has 1 aliphatic heterocycles. The fourth-order valence-corrected chi connectivity index (χ4v) is 8.37. The second-order valence-corrected chi connectivity index (χ2v) is 17.4. The second kappa shape index (κ2) is 25.2. The molecule has 9 atom stereocenters. The number of nitrogens with zero attached hydrogens (tertiary/aromatic N) is 4. The molecule has 5 amide bonds. The number of hydrogen-bond acceptors (Lipinski definition) is 9. The van der Waals surface area contributed by atoms with E-state index in [1.165, 1.54) is 0 Å². The monoisotopic (exact) mass is 830 g/mol. The lowest BCUT2D eigenvalue weighted by molar-refractivity contribution is -0.148. The summed E-state index contributed by atoms with van der Waals surface area (Å²) in [6.07, 6.45) is 1.17. The van der Waals surface area contributed by atoms with E-state index in [1.807, 2.05) is 110 Å². The first-order chi connectivity index (χ1) is 27.8. The molecule has 59 heavy (non-hydrogen) atoms. The molecule has 3 N–H and O–H groups in total. The lowest BCUT2D eigenvalue weighted by Gasteiger charge is -2.41. The molecule has 1 fully saturated rings. The molecule has 9 unspecified atom stereocenters. The summed E-state index contributed by atoms with van der Waals surface area (Å²) in [5.41, 5.74) is 0.920. The van der Waals surface area contributed by atoms with Gasteiger partial charge in [0.05, 0.1) is 42.7 Å². The molecule has 0 spiro atoms. The first-order valence-electron chi connectivity index (χ1n) is 21.7. The number of likely N-dealkylation sites (N-methyl/N-ethyl adjacent to an activating group) is 3. The molecule has 1 heterocycles. The second-order valence-electron chi connectivity index (χ2n) is 17.4. The van der Waals surface area contributed by atoms with Gasteiger partial charge in [-0.15, -0.1) is 0 Å². The highest BCUT2D eigenvalue weighted by Crippen LogP contribution is 2.30. The summed E-state index contributed by atoms with van der Waals surface area (Å²) in [5, 5.41) is 9.03. The Labute approximate surface area is 355 Å². The molecule has 336 valence electrons. The molecule has 0 saturated carbocycles. The number of amides is 5. The van der Waals surface area contributed by atoms with E-state index >= 15 is 0 Å². The van der Waals surface area contributed by atoms with Crippen LogP contribution in [0.3, 0.4) is 0 Å². The number of carbonyl (C=O) groups is 5. The van der Waals surface area contributed by atoms with Crippen LogP contribution >= 0.6 is 0 Å². The zero-order valence-corrected chi connectivity index (χ0v) is 38.7. The van der Waals surface area contributed by atoms with E-state index in [9.17, 15) is 24.0 Å². The minimum atomic E-state index is -0.800. The Morgan fingerprint density at radius 1 is 0.847 bits per heavy atom. The van der Waals surface area contributed by atoms with Gasteiger partial charge in [-0.1, -0.05) is 92.1 Å². The Bertz CT molecular complexity index is 1460. The van der Waals surface area contributed by atoms with Crippen LogP contribution in [0.5, 0.6) is 0 Å². The molecule has 1 saturated heterocycles. The lowest BCUT2D eigenvalue weighted by atomic mass is 9.89. The van der Waals surface area contributed by atoms with E-state index in [0.717, 1.165) is 18.4 Å². The number of carbonyl (C=O) groups excluding carboxylic acids is 5. The van der Waals surface area contributed by atoms with Crippen LogP contribution in [0.15, 0.2) is 30.3 Å². The number of methoxy groups -OCH3 is 2. The van der Waals surface area contributed by atoms with Crippen molar-refractivity contribution in [2.45, 2.75) is 130 Å². The van der Waals surface area contributed by atoms with Crippen LogP contribution in [-0.2, 0) is 39.9 Å². The first-order valence-corrected chi connectivity index (χ1v) is 21.7.